The first kappa shape index (κ1) is 26.2. The van der Waals surface area contributed by atoms with Crippen LogP contribution in [-0.2, 0) is 16.2 Å². The van der Waals surface area contributed by atoms with Gasteiger partial charge in [0.1, 0.15) is 18.2 Å². The van der Waals surface area contributed by atoms with E-state index in [1.165, 1.54) is 30.2 Å². The standard InChI is InChI=1S/C32H23FN2O5S/c1-39-25-16-21(12-15-24(25)40-18-19-8-4-2-5-9-19)28-27(29(36)20-10-6-3-7-11-20)30(37)31(38)35(28)32-34-23-14-13-22(33)17-26(23)41-32/h2-17,28,36H,18H2,1H3. The number of amides is 1. The van der Waals surface area contributed by atoms with Crippen LogP contribution >= 0.6 is 11.3 Å². The van der Waals surface area contributed by atoms with E-state index in [-0.39, 0.29) is 16.5 Å². The summed E-state index contributed by atoms with van der Waals surface area (Å²) in [6, 6.07) is 26.4. The van der Waals surface area contributed by atoms with Gasteiger partial charge in [-0.2, -0.15) is 0 Å². The number of anilines is 1. The van der Waals surface area contributed by atoms with Crippen molar-refractivity contribution < 1.29 is 28.6 Å². The van der Waals surface area contributed by atoms with Crippen LogP contribution in [0.2, 0.25) is 0 Å². The largest absolute Gasteiger partial charge is 0.507 e. The Morgan fingerprint density at radius 2 is 1.68 bits per heavy atom. The smallest absolute Gasteiger partial charge is 0.301 e. The molecule has 1 saturated heterocycles. The van der Waals surface area contributed by atoms with E-state index in [1.54, 1.807) is 48.5 Å². The molecule has 0 bridgehead atoms. The summed E-state index contributed by atoms with van der Waals surface area (Å²) in [5.74, 6) is -1.61. The third kappa shape index (κ3) is 4.92. The van der Waals surface area contributed by atoms with E-state index in [9.17, 15) is 19.1 Å². The third-order valence-corrected chi connectivity index (χ3v) is 7.79. The van der Waals surface area contributed by atoms with Crippen LogP contribution in [0.3, 0.4) is 0 Å². The predicted molar refractivity (Wildman–Crippen MR) is 155 cm³/mol. The summed E-state index contributed by atoms with van der Waals surface area (Å²) in [6.45, 7) is 0.311. The van der Waals surface area contributed by atoms with Crippen LogP contribution in [0.5, 0.6) is 11.5 Å². The number of benzene rings is 4. The average molecular weight is 567 g/mol. The van der Waals surface area contributed by atoms with E-state index in [0.29, 0.717) is 39.4 Å². The second kappa shape index (κ2) is 10.9. The molecule has 0 radical (unpaired) electrons. The number of nitrogens with zero attached hydrogens (tertiary/aromatic N) is 2. The van der Waals surface area contributed by atoms with Crippen LogP contribution in [0.15, 0.2) is 103 Å². The molecule has 1 N–H and O–H groups in total. The van der Waals surface area contributed by atoms with Gasteiger partial charge in [0.15, 0.2) is 16.6 Å². The van der Waals surface area contributed by atoms with Crippen molar-refractivity contribution in [3.8, 4) is 11.5 Å². The van der Waals surface area contributed by atoms with Crippen molar-refractivity contribution in [2.24, 2.45) is 0 Å². The fraction of sp³-hybridized carbons (Fsp3) is 0.0938. The molecule has 41 heavy (non-hydrogen) atoms. The molecule has 1 aliphatic rings. The fourth-order valence-electron chi connectivity index (χ4n) is 4.79. The molecule has 9 heteroatoms. The van der Waals surface area contributed by atoms with Gasteiger partial charge in [-0.05, 0) is 41.5 Å². The number of methoxy groups -OCH3 is 1. The Bertz CT molecular complexity index is 1800. The molecule has 2 heterocycles. The molecular weight excluding hydrogens is 543 g/mol. The zero-order valence-electron chi connectivity index (χ0n) is 21.8. The molecule has 0 spiro atoms. The minimum atomic E-state index is -1.03. The second-order valence-corrected chi connectivity index (χ2v) is 10.3. The molecule has 6 rings (SSSR count). The van der Waals surface area contributed by atoms with Gasteiger partial charge in [-0.1, -0.05) is 78.1 Å². The molecule has 0 aliphatic carbocycles. The van der Waals surface area contributed by atoms with Gasteiger partial charge in [-0.15, -0.1) is 0 Å². The van der Waals surface area contributed by atoms with Crippen LogP contribution in [0, 0.1) is 5.82 Å². The molecule has 1 atom stereocenters. The lowest BCUT2D eigenvalue weighted by molar-refractivity contribution is -0.132. The van der Waals surface area contributed by atoms with E-state index < -0.39 is 23.5 Å². The highest BCUT2D eigenvalue weighted by molar-refractivity contribution is 7.22. The Kier molecular flexibility index (Phi) is 6.94. The molecule has 1 unspecified atom stereocenters. The number of fused-ring (bicyclic) bond motifs is 1. The molecule has 1 aliphatic heterocycles. The number of ketones is 1. The van der Waals surface area contributed by atoms with Crippen molar-refractivity contribution >= 4 is 44.1 Å². The van der Waals surface area contributed by atoms with Crippen LogP contribution in [0.1, 0.15) is 22.7 Å². The number of ether oxygens (including phenoxy) is 2. The number of rotatable bonds is 7. The van der Waals surface area contributed by atoms with Gasteiger partial charge in [0.25, 0.3) is 5.78 Å². The number of aliphatic hydroxyl groups excluding tert-OH is 1. The summed E-state index contributed by atoms with van der Waals surface area (Å²) in [4.78, 5) is 32.8. The van der Waals surface area contributed by atoms with Crippen molar-refractivity contribution in [2.75, 3.05) is 12.0 Å². The first-order valence-electron chi connectivity index (χ1n) is 12.7. The molecule has 0 saturated carbocycles. The number of carbonyl (C=O) groups is 2. The maximum absolute atomic E-state index is 13.9. The Morgan fingerprint density at radius 1 is 0.951 bits per heavy atom. The van der Waals surface area contributed by atoms with Crippen LogP contribution < -0.4 is 14.4 Å². The number of hydrogen-bond donors (Lipinski definition) is 1. The van der Waals surface area contributed by atoms with E-state index in [0.717, 1.165) is 16.9 Å². The minimum absolute atomic E-state index is 0.0911. The SMILES string of the molecule is COc1cc(C2C(=C(O)c3ccccc3)C(=O)C(=O)N2c2nc3ccc(F)cc3s2)ccc1OCc1ccccc1. The lowest BCUT2D eigenvalue weighted by Gasteiger charge is -2.24. The number of aliphatic hydroxyl groups is 1. The summed E-state index contributed by atoms with van der Waals surface area (Å²) >= 11 is 1.08. The lowest BCUT2D eigenvalue weighted by Crippen LogP contribution is -2.29. The van der Waals surface area contributed by atoms with Gasteiger partial charge in [-0.25, -0.2) is 9.37 Å². The quantitative estimate of drug-likeness (QED) is 0.135. The summed E-state index contributed by atoms with van der Waals surface area (Å²) < 4.78 is 26.1. The van der Waals surface area contributed by atoms with Crippen LogP contribution in [0.25, 0.3) is 16.0 Å². The number of hydrogen-bond acceptors (Lipinski definition) is 7. The minimum Gasteiger partial charge on any atom is -0.507 e. The Labute approximate surface area is 238 Å². The maximum Gasteiger partial charge on any atom is 0.301 e. The van der Waals surface area contributed by atoms with E-state index >= 15 is 0 Å². The number of aromatic nitrogens is 1. The summed E-state index contributed by atoms with van der Waals surface area (Å²) in [5.41, 5.74) is 2.25. The Morgan fingerprint density at radius 3 is 2.41 bits per heavy atom. The van der Waals surface area contributed by atoms with Gasteiger partial charge in [0, 0.05) is 5.56 Å². The topological polar surface area (TPSA) is 89.0 Å². The Balaban J connectivity index is 1.47. The van der Waals surface area contributed by atoms with E-state index in [2.05, 4.69) is 4.98 Å². The van der Waals surface area contributed by atoms with Gasteiger partial charge >= 0.3 is 5.91 Å². The number of thiazole rings is 1. The first-order chi connectivity index (χ1) is 19.9. The number of halogens is 1. The van der Waals surface area contributed by atoms with E-state index in [1.807, 2.05) is 30.3 Å². The second-order valence-electron chi connectivity index (χ2n) is 9.33. The summed E-state index contributed by atoms with van der Waals surface area (Å²) in [5, 5.41) is 11.5. The van der Waals surface area contributed by atoms with Crippen LogP contribution in [-0.4, -0.2) is 28.9 Å². The van der Waals surface area contributed by atoms with Gasteiger partial charge in [0.05, 0.1) is 28.9 Å². The average Bonchev–Trinajstić information content (AvgIpc) is 3.53. The number of Topliss-reactive ketones (excluding diaryl/α,β-unsaturated/α-hetero) is 1. The fourth-order valence-corrected chi connectivity index (χ4v) is 5.81. The summed E-state index contributed by atoms with van der Waals surface area (Å²) in [6.07, 6.45) is 0. The highest BCUT2D eigenvalue weighted by Gasteiger charge is 2.48. The zero-order valence-corrected chi connectivity index (χ0v) is 22.6. The van der Waals surface area contributed by atoms with Crippen molar-refractivity contribution in [3.05, 3.63) is 125 Å². The first-order valence-corrected chi connectivity index (χ1v) is 13.5. The van der Waals surface area contributed by atoms with E-state index in [4.69, 9.17) is 9.47 Å². The van der Waals surface area contributed by atoms with Crippen molar-refractivity contribution in [2.45, 2.75) is 12.6 Å². The molecule has 1 amide bonds. The maximum atomic E-state index is 13.9. The highest BCUT2D eigenvalue weighted by atomic mass is 32.1. The molecule has 1 fully saturated rings. The van der Waals surface area contributed by atoms with Gasteiger partial charge < -0.3 is 14.6 Å². The van der Waals surface area contributed by atoms with Crippen molar-refractivity contribution in [3.63, 3.8) is 0 Å². The van der Waals surface area contributed by atoms with Gasteiger partial charge in [0.2, 0.25) is 0 Å². The molecular formula is C32H23FN2O5S. The third-order valence-electron chi connectivity index (χ3n) is 6.78. The van der Waals surface area contributed by atoms with Crippen molar-refractivity contribution in [1.82, 2.24) is 4.98 Å². The molecule has 7 nitrogen and oxygen atoms in total. The number of carbonyl (C=O) groups excluding carboxylic acids is 2. The normalized spacial score (nSPS) is 16.3. The summed E-state index contributed by atoms with van der Waals surface area (Å²) in [7, 11) is 1.50. The van der Waals surface area contributed by atoms with Gasteiger partial charge in [-0.3, -0.25) is 14.5 Å². The molecule has 1 aromatic heterocycles. The zero-order chi connectivity index (χ0) is 28.5. The highest BCUT2D eigenvalue weighted by Crippen LogP contribution is 2.46. The Hall–Kier alpha value is -5.02. The van der Waals surface area contributed by atoms with Crippen LogP contribution in [0.4, 0.5) is 9.52 Å². The monoisotopic (exact) mass is 566 g/mol. The molecule has 5 aromatic rings. The van der Waals surface area contributed by atoms with Crippen molar-refractivity contribution in [1.29, 1.82) is 0 Å². The molecule has 4 aromatic carbocycles. The lowest BCUT2D eigenvalue weighted by atomic mass is 9.95. The predicted octanol–water partition coefficient (Wildman–Crippen LogP) is 6.65. The molecule has 204 valence electrons.